The Hall–Kier alpha value is -3.99. The van der Waals surface area contributed by atoms with Gasteiger partial charge in [-0.1, -0.05) is 47.5 Å². The van der Waals surface area contributed by atoms with Crippen LogP contribution < -0.4 is 14.8 Å². The average molecular weight is 428 g/mol. The lowest BCUT2D eigenvalue weighted by Crippen LogP contribution is -2.25. The van der Waals surface area contributed by atoms with Gasteiger partial charge >= 0.3 is 5.97 Å². The first kappa shape index (κ1) is 21.2. The third-order valence-corrected chi connectivity index (χ3v) is 5.18. The SMILES string of the molecule is Cc1ccc(Oc2cc3cccc(N[C@@H](C)C(=O)O)c3cc2Oc2ccc(C)cc2)cc1. The molecule has 4 aromatic carbocycles. The van der Waals surface area contributed by atoms with Crippen molar-refractivity contribution < 1.29 is 19.4 Å². The predicted molar refractivity (Wildman–Crippen MR) is 127 cm³/mol. The number of nitrogens with one attached hydrogen (secondary N) is 1. The molecule has 0 aliphatic carbocycles. The number of aliphatic carboxylic acids is 1. The Labute approximate surface area is 187 Å². The van der Waals surface area contributed by atoms with E-state index in [9.17, 15) is 9.90 Å². The van der Waals surface area contributed by atoms with Crippen LogP contribution in [-0.2, 0) is 4.79 Å². The maximum Gasteiger partial charge on any atom is 0.325 e. The van der Waals surface area contributed by atoms with E-state index in [1.54, 1.807) is 6.92 Å². The highest BCUT2D eigenvalue weighted by atomic mass is 16.5. The molecular formula is C27H25NO4. The summed E-state index contributed by atoms with van der Waals surface area (Å²) in [6.07, 6.45) is 0. The number of aryl methyl sites for hydroxylation is 2. The largest absolute Gasteiger partial charge is 0.480 e. The van der Waals surface area contributed by atoms with Gasteiger partial charge in [0.2, 0.25) is 0 Å². The molecule has 0 fully saturated rings. The Kier molecular flexibility index (Phi) is 5.99. The van der Waals surface area contributed by atoms with E-state index in [0.29, 0.717) is 28.7 Å². The fourth-order valence-corrected chi connectivity index (χ4v) is 3.33. The van der Waals surface area contributed by atoms with Crippen LogP contribution in [0.3, 0.4) is 0 Å². The van der Waals surface area contributed by atoms with Crippen LogP contribution in [0.25, 0.3) is 10.8 Å². The maximum atomic E-state index is 11.3. The molecule has 5 heteroatoms. The second-order valence-electron chi connectivity index (χ2n) is 7.86. The van der Waals surface area contributed by atoms with E-state index in [-0.39, 0.29) is 0 Å². The normalized spacial score (nSPS) is 11.7. The van der Waals surface area contributed by atoms with Crippen molar-refractivity contribution in [2.24, 2.45) is 0 Å². The highest BCUT2D eigenvalue weighted by Crippen LogP contribution is 2.40. The highest BCUT2D eigenvalue weighted by molar-refractivity contribution is 5.97. The van der Waals surface area contributed by atoms with Crippen LogP contribution in [0.15, 0.2) is 78.9 Å². The first-order valence-corrected chi connectivity index (χ1v) is 10.4. The quantitative estimate of drug-likeness (QED) is 0.335. The Balaban J connectivity index is 1.79. The van der Waals surface area contributed by atoms with E-state index in [1.165, 1.54) is 0 Å². The lowest BCUT2D eigenvalue weighted by molar-refractivity contribution is -0.137. The van der Waals surface area contributed by atoms with E-state index in [4.69, 9.17) is 9.47 Å². The first-order valence-electron chi connectivity index (χ1n) is 10.4. The summed E-state index contributed by atoms with van der Waals surface area (Å²) in [6, 6.07) is 24.4. The topological polar surface area (TPSA) is 67.8 Å². The number of hydrogen-bond acceptors (Lipinski definition) is 4. The van der Waals surface area contributed by atoms with Crippen LogP contribution in [-0.4, -0.2) is 17.1 Å². The molecule has 32 heavy (non-hydrogen) atoms. The summed E-state index contributed by atoms with van der Waals surface area (Å²) in [4.78, 5) is 11.3. The summed E-state index contributed by atoms with van der Waals surface area (Å²) in [6.45, 7) is 5.66. The third kappa shape index (κ3) is 4.83. The summed E-state index contributed by atoms with van der Waals surface area (Å²) < 4.78 is 12.4. The van der Waals surface area contributed by atoms with Gasteiger partial charge in [0.15, 0.2) is 11.5 Å². The smallest absolute Gasteiger partial charge is 0.325 e. The van der Waals surface area contributed by atoms with E-state index >= 15 is 0 Å². The van der Waals surface area contributed by atoms with Gasteiger partial charge in [-0.2, -0.15) is 0 Å². The van der Waals surface area contributed by atoms with Crippen molar-refractivity contribution in [3.8, 4) is 23.0 Å². The molecule has 0 spiro atoms. The van der Waals surface area contributed by atoms with Crippen LogP contribution in [0.5, 0.6) is 23.0 Å². The van der Waals surface area contributed by atoms with Crippen molar-refractivity contribution in [1.82, 2.24) is 0 Å². The number of carbonyl (C=O) groups is 1. The van der Waals surface area contributed by atoms with Crippen molar-refractivity contribution in [1.29, 1.82) is 0 Å². The molecule has 0 heterocycles. The number of hydrogen-bond donors (Lipinski definition) is 2. The molecule has 0 saturated heterocycles. The molecule has 0 aromatic heterocycles. The lowest BCUT2D eigenvalue weighted by Gasteiger charge is -2.17. The fourth-order valence-electron chi connectivity index (χ4n) is 3.33. The molecule has 4 aromatic rings. The van der Waals surface area contributed by atoms with Crippen LogP contribution in [0, 0.1) is 13.8 Å². The molecule has 0 aliphatic rings. The van der Waals surface area contributed by atoms with Gasteiger partial charge in [0, 0.05) is 11.1 Å². The Morgan fingerprint density at radius 1 is 0.812 bits per heavy atom. The van der Waals surface area contributed by atoms with Gasteiger partial charge in [-0.15, -0.1) is 0 Å². The minimum atomic E-state index is -0.919. The van der Waals surface area contributed by atoms with Crippen molar-refractivity contribution in [3.05, 3.63) is 90.0 Å². The molecule has 0 bridgehead atoms. The molecule has 0 amide bonds. The molecule has 0 aliphatic heterocycles. The molecule has 162 valence electrons. The number of fused-ring (bicyclic) bond motifs is 1. The summed E-state index contributed by atoms with van der Waals surface area (Å²) >= 11 is 0. The average Bonchev–Trinajstić information content (AvgIpc) is 2.77. The van der Waals surface area contributed by atoms with Gasteiger partial charge in [-0.05, 0) is 68.6 Å². The maximum absolute atomic E-state index is 11.3. The lowest BCUT2D eigenvalue weighted by atomic mass is 10.1. The van der Waals surface area contributed by atoms with Crippen LogP contribution in [0.1, 0.15) is 18.1 Å². The van der Waals surface area contributed by atoms with Gasteiger partial charge in [0.05, 0.1) is 0 Å². The molecule has 2 N–H and O–H groups in total. The van der Waals surface area contributed by atoms with Crippen molar-refractivity contribution >= 4 is 22.4 Å². The van der Waals surface area contributed by atoms with Crippen LogP contribution in [0.4, 0.5) is 5.69 Å². The molecule has 4 rings (SSSR count). The van der Waals surface area contributed by atoms with Crippen LogP contribution >= 0.6 is 0 Å². The van der Waals surface area contributed by atoms with Gasteiger partial charge < -0.3 is 19.9 Å². The number of anilines is 1. The summed E-state index contributed by atoms with van der Waals surface area (Å²) in [5, 5.41) is 14.1. The fraction of sp³-hybridized carbons (Fsp3) is 0.148. The minimum Gasteiger partial charge on any atom is -0.480 e. The summed E-state index contributed by atoms with van der Waals surface area (Å²) in [5.41, 5.74) is 3.00. The van der Waals surface area contributed by atoms with E-state index in [1.807, 2.05) is 92.7 Å². The van der Waals surface area contributed by atoms with E-state index < -0.39 is 12.0 Å². The van der Waals surface area contributed by atoms with E-state index in [0.717, 1.165) is 21.9 Å². The molecule has 0 unspecified atom stereocenters. The number of benzene rings is 4. The van der Waals surface area contributed by atoms with Gasteiger partial charge in [-0.3, -0.25) is 4.79 Å². The second-order valence-corrected chi connectivity index (χ2v) is 7.86. The zero-order valence-electron chi connectivity index (χ0n) is 18.3. The Morgan fingerprint density at radius 3 is 1.88 bits per heavy atom. The second kappa shape index (κ2) is 9.02. The molecule has 0 radical (unpaired) electrons. The number of ether oxygens (including phenoxy) is 2. The monoisotopic (exact) mass is 427 g/mol. The Morgan fingerprint density at radius 2 is 1.34 bits per heavy atom. The minimum absolute atomic E-state index is 0.541. The summed E-state index contributed by atoms with van der Waals surface area (Å²) in [5.74, 6) is 1.59. The molecule has 1 atom stereocenters. The van der Waals surface area contributed by atoms with Crippen molar-refractivity contribution in [2.75, 3.05) is 5.32 Å². The Bertz CT molecular complexity index is 1250. The molecular weight excluding hydrogens is 402 g/mol. The predicted octanol–water partition coefficient (Wildman–Crippen LogP) is 6.93. The number of carboxylic acids is 1. The van der Waals surface area contributed by atoms with Gasteiger partial charge in [0.25, 0.3) is 0 Å². The van der Waals surface area contributed by atoms with Crippen LogP contribution in [0.2, 0.25) is 0 Å². The highest BCUT2D eigenvalue weighted by Gasteiger charge is 2.15. The van der Waals surface area contributed by atoms with Crippen molar-refractivity contribution in [3.63, 3.8) is 0 Å². The molecule has 0 saturated carbocycles. The van der Waals surface area contributed by atoms with Gasteiger partial charge in [0.1, 0.15) is 17.5 Å². The zero-order chi connectivity index (χ0) is 22.7. The standard InChI is InChI=1S/C27H25NO4/c1-17-7-11-21(12-8-17)31-25-15-20-5-4-6-24(28-19(3)27(29)30)23(20)16-26(25)32-22-13-9-18(2)10-14-22/h4-16,19,28H,1-3H3,(H,29,30)/t19-/m0/s1. The zero-order valence-corrected chi connectivity index (χ0v) is 18.3. The van der Waals surface area contributed by atoms with Gasteiger partial charge in [-0.25, -0.2) is 0 Å². The van der Waals surface area contributed by atoms with E-state index in [2.05, 4.69) is 5.32 Å². The summed E-state index contributed by atoms with van der Waals surface area (Å²) in [7, 11) is 0. The first-order chi connectivity index (χ1) is 15.4. The number of carboxylic acid groups (broad SMARTS) is 1. The van der Waals surface area contributed by atoms with Crippen molar-refractivity contribution in [2.45, 2.75) is 26.8 Å². The molecule has 5 nitrogen and oxygen atoms in total. The third-order valence-electron chi connectivity index (χ3n) is 5.18. The number of rotatable bonds is 7.